The Morgan fingerprint density at radius 2 is 2.47 bits per heavy atom. The molecule has 6 nitrogen and oxygen atoms in total. The number of rotatable bonds is 4. The summed E-state index contributed by atoms with van der Waals surface area (Å²) in [6.07, 6.45) is 7.02. The Hall–Kier alpha value is -1.43. The number of aromatic nitrogens is 3. The predicted molar refractivity (Wildman–Crippen MR) is 63.3 cm³/mol. The van der Waals surface area contributed by atoms with Gasteiger partial charge in [0, 0.05) is 19.0 Å². The standard InChI is InChI=1S/C11H19N5O/c17-11(4-6-16-9-13-8-14-16)15-10-3-1-2-5-12-7-10/h8-10,12H,1-7H2,(H,15,17). The lowest BCUT2D eigenvalue weighted by Crippen LogP contribution is -2.41. The molecule has 1 aliphatic rings. The first-order chi connectivity index (χ1) is 8.34. The highest BCUT2D eigenvalue weighted by Crippen LogP contribution is 2.04. The maximum Gasteiger partial charge on any atom is 0.222 e. The summed E-state index contributed by atoms with van der Waals surface area (Å²) in [5.41, 5.74) is 0. The van der Waals surface area contributed by atoms with E-state index in [-0.39, 0.29) is 11.9 Å². The third kappa shape index (κ3) is 4.14. The lowest BCUT2D eigenvalue weighted by Gasteiger charge is -2.16. The van der Waals surface area contributed by atoms with Crippen LogP contribution in [0.2, 0.25) is 0 Å². The van der Waals surface area contributed by atoms with Crippen LogP contribution in [0, 0.1) is 0 Å². The molecular weight excluding hydrogens is 218 g/mol. The van der Waals surface area contributed by atoms with Crippen LogP contribution < -0.4 is 10.6 Å². The minimum atomic E-state index is 0.0919. The molecule has 17 heavy (non-hydrogen) atoms. The first-order valence-corrected chi connectivity index (χ1v) is 6.17. The molecule has 0 bridgehead atoms. The zero-order valence-corrected chi connectivity index (χ0v) is 9.93. The fraction of sp³-hybridized carbons (Fsp3) is 0.727. The second-order valence-corrected chi connectivity index (χ2v) is 4.37. The molecule has 0 spiro atoms. The highest BCUT2D eigenvalue weighted by atomic mass is 16.1. The number of nitrogens with zero attached hydrogens (tertiary/aromatic N) is 3. The van der Waals surface area contributed by atoms with E-state index in [1.54, 1.807) is 11.0 Å². The molecule has 2 N–H and O–H groups in total. The number of carbonyl (C=O) groups is 1. The highest BCUT2D eigenvalue weighted by Gasteiger charge is 2.14. The van der Waals surface area contributed by atoms with Gasteiger partial charge in [-0.1, -0.05) is 6.42 Å². The molecule has 1 atom stereocenters. The molecule has 0 aliphatic carbocycles. The van der Waals surface area contributed by atoms with Crippen molar-refractivity contribution in [2.75, 3.05) is 13.1 Å². The Morgan fingerprint density at radius 1 is 1.53 bits per heavy atom. The van der Waals surface area contributed by atoms with Gasteiger partial charge in [-0.25, -0.2) is 4.98 Å². The third-order valence-electron chi connectivity index (χ3n) is 2.95. The first kappa shape index (κ1) is 12.0. The summed E-state index contributed by atoms with van der Waals surface area (Å²) >= 11 is 0. The van der Waals surface area contributed by atoms with Gasteiger partial charge in [-0.3, -0.25) is 9.48 Å². The minimum Gasteiger partial charge on any atom is -0.352 e. The van der Waals surface area contributed by atoms with E-state index in [2.05, 4.69) is 20.7 Å². The van der Waals surface area contributed by atoms with Gasteiger partial charge in [-0.05, 0) is 19.4 Å². The normalized spacial score (nSPS) is 20.8. The Balaban J connectivity index is 1.69. The molecule has 2 heterocycles. The van der Waals surface area contributed by atoms with E-state index in [0.717, 1.165) is 19.5 Å². The molecule has 1 aliphatic heterocycles. The third-order valence-corrected chi connectivity index (χ3v) is 2.95. The Kier molecular flexibility index (Phi) is 4.49. The van der Waals surface area contributed by atoms with Crippen molar-refractivity contribution in [1.82, 2.24) is 25.4 Å². The van der Waals surface area contributed by atoms with Crippen LogP contribution in [-0.2, 0) is 11.3 Å². The zero-order chi connectivity index (χ0) is 11.9. The molecular formula is C11H19N5O. The van der Waals surface area contributed by atoms with Crippen molar-refractivity contribution in [2.45, 2.75) is 38.3 Å². The average Bonchev–Trinajstić information content (AvgIpc) is 2.72. The molecule has 1 aromatic rings. The molecule has 2 rings (SSSR count). The van der Waals surface area contributed by atoms with Crippen LogP contribution in [0.4, 0.5) is 0 Å². The summed E-state index contributed by atoms with van der Waals surface area (Å²) in [4.78, 5) is 15.6. The van der Waals surface area contributed by atoms with Gasteiger partial charge in [-0.15, -0.1) is 0 Å². The average molecular weight is 237 g/mol. The van der Waals surface area contributed by atoms with Gasteiger partial charge in [0.1, 0.15) is 12.7 Å². The van der Waals surface area contributed by atoms with Crippen LogP contribution >= 0.6 is 0 Å². The maximum absolute atomic E-state index is 11.7. The molecule has 0 aromatic carbocycles. The van der Waals surface area contributed by atoms with E-state index in [9.17, 15) is 4.79 Å². The smallest absolute Gasteiger partial charge is 0.222 e. The first-order valence-electron chi connectivity index (χ1n) is 6.17. The van der Waals surface area contributed by atoms with E-state index >= 15 is 0 Å². The van der Waals surface area contributed by atoms with Crippen molar-refractivity contribution < 1.29 is 4.79 Å². The molecule has 1 amide bonds. The summed E-state index contributed by atoms with van der Waals surface area (Å²) in [6, 6.07) is 0.278. The van der Waals surface area contributed by atoms with E-state index in [4.69, 9.17) is 0 Å². The number of carbonyl (C=O) groups excluding carboxylic acids is 1. The Labute approximate surface area is 101 Å². The van der Waals surface area contributed by atoms with Crippen LogP contribution in [0.5, 0.6) is 0 Å². The largest absolute Gasteiger partial charge is 0.352 e. The Morgan fingerprint density at radius 3 is 3.29 bits per heavy atom. The van der Waals surface area contributed by atoms with Crippen LogP contribution in [-0.4, -0.2) is 39.8 Å². The second kappa shape index (κ2) is 6.34. The molecule has 1 fully saturated rings. The quantitative estimate of drug-likeness (QED) is 0.768. The minimum absolute atomic E-state index is 0.0919. The zero-order valence-electron chi connectivity index (χ0n) is 9.93. The molecule has 1 aromatic heterocycles. The number of amides is 1. The predicted octanol–water partition coefficient (Wildman–Crippen LogP) is -0.0735. The van der Waals surface area contributed by atoms with Gasteiger partial charge in [0.05, 0.1) is 6.54 Å². The van der Waals surface area contributed by atoms with Gasteiger partial charge >= 0.3 is 0 Å². The lowest BCUT2D eigenvalue weighted by atomic mass is 10.1. The lowest BCUT2D eigenvalue weighted by molar-refractivity contribution is -0.122. The number of nitrogens with one attached hydrogen (secondary N) is 2. The second-order valence-electron chi connectivity index (χ2n) is 4.37. The summed E-state index contributed by atoms with van der Waals surface area (Å²) in [5, 5.41) is 10.4. The molecule has 6 heteroatoms. The van der Waals surface area contributed by atoms with Crippen molar-refractivity contribution >= 4 is 5.91 Å². The van der Waals surface area contributed by atoms with Crippen molar-refractivity contribution in [3.63, 3.8) is 0 Å². The molecule has 1 saturated heterocycles. The van der Waals surface area contributed by atoms with Crippen LogP contribution in [0.3, 0.4) is 0 Å². The summed E-state index contributed by atoms with van der Waals surface area (Å²) < 4.78 is 1.67. The summed E-state index contributed by atoms with van der Waals surface area (Å²) in [7, 11) is 0. The van der Waals surface area contributed by atoms with Crippen molar-refractivity contribution in [3.05, 3.63) is 12.7 Å². The van der Waals surface area contributed by atoms with Gasteiger partial charge in [0.15, 0.2) is 0 Å². The summed E-state index contributed by atoms with van der Waals surface area (Å²) in [5.74, 6) is 0.0919. The molecule has 94 valence electrons. The van der Waals surface area contributed by atoms with E-state index < -0.39 is 0 Å². The topological polar surface area (TPSA) is 71.8 Å². The molecule has 1 unspecified atom stereocenters. The number of aryl methyl sites for hydroxylation is 1. The molecule has 0 saturated carbocycles. The van der Waals surface area contributed by atoms with Crippen LogP contribution in [0.1, 0.15) is 25.7 Å². The number of hydrogen-bond acceptors (Lipinski definition) is 4. The van der Waals surface area contributed by atoms with Crippen LogP contribution in [0.25, 0.3) is 0 Å². The summed E-state index contributed by atoms with van der Waals surface area (Å²) in [6.45, 7) is 2.53. The SMILES string of the molecule is O=C(CCn1cncn1)NC1CCCCNC1. The highest BCUT2D eigenvalue weighted by molar-refractivity contribution is 5.76. The van der Waals surface area contributed by atoms with E-state index in [0.29, 0.717) is 13.0 Å². The van der Waals surface area contributed by atoms with Gasteiger partial charge in [0.25, 0.3) is 0 Å². The van der Waals surface area contributed by atoms with E-state index in [1.807, 2.05) is 0 Å². The van der Waals surface area contributed by atoms with Gasteiger partial charge in [-0.2, -0.15) is 5.10 Å². The molecule has 0 radical (unpaired) electrons. The Bertz CT molecular complexity index is 330. The maximum atomic E-state index is 11.7. The van der Waals surface area contributed by atoms with Gasteiger partial charge in [0.2, 0.25) is 5.91 Å². The number of hydrogen-bond donors (Lipinski definition) is 2. The monoisotopic (exact) mass is 237 g/mol. The van der Waals surface area contributed by atoms with Gasteiger partial charge < -0.3 is 10.6 Å². The van der Waals surface area contributed by atoms with E-state index in [1.165, 1.54) is 19.2 Å². The van der Waals surface area contributed by atoms with Crippen molar-refractivity contribution in [2.24, 2.45) is 0 Å². The fourth-order valence-electron chi connectivity index (χ4n) is 2.01. The van der Waals surface area contributed by atoms with Crippen LogP contribution in [0.15, 0.2) is 12.7 Å². The van der Waals surface area contributed by atoms with Crippen molar-refractivity contribution in [1.29, 1.82) is 0 Å². The van der Waals surface area contributed by atoms with Crippen molar-refractivity contribution in [3.8, 4) is 0 Å². The fourth-order valence-corrected chi connectivity index (χ4v) is 2.01.